The summed E-state index contributed by atoms with van der Waals surface area (Å²) >= 11 is 0. The molecular formula is C13H28N2O2. The first kappa shape index (κ1) is 14.9. The molecule has 0 atom stereocenters. The number of hydrogen-bond acceptors (Lipinski definition) is 4. The number of likely N-dealkylation sites (tertiary alicyclic amines) is 1. The van der Waals surface area contributed by atoms with Crippen LogP contribution in [0.4, 0.5) is 0 Å². The summed E-state index contributed by atoms with van der Waals surface area (Å²) in [6.45, 7) is 8.86. The monoisotopic (exact) mass is 244 g/mol. The largest absolute Gasteiger partial charge is 0.353 e. The van der Waals surface area contributed by atoms with Crippen molar-refractivity contribution in [3.63, 3.8) is 0 Å². The molecule has 4 nitrogen and oxygen atoms in total. The molecular weight excluding hydrogens is 216 g/mol. The third kappa shape index (κ3) is 6.36. The maximum atomic E-state index is 5.52. The molecule has 1 aliphatic rings. The van der Waals surface area contributed by atoms with Crippen LogP contribution in [0.25, 0.3) is 0 Å². The zero-order chi connectivity index (χ0) is 12.5. The predicted octanol–water partition coefficient (Wildman–Crippen LogP) is 1.46. The number of nitrogens with zero attached hydrogens (tertiary/aromatic N) is 1. The summed E-state index contributed by atoms with van der Waals surface area (Å²) in [6, 6.07) is 0.676. The predicted molar refractivity (Wildman–Crippen MR) is 70.2 cm³/mol. The van der Waals surface area contributed by atoms with E-state index in [-0.39, 0.29) is 6.29 Å². The minimum absolute atomic E-state index is 0.0382. The zero-order valence-corrected chi connectivity index (χ0v) is 11.6. The highest BCUT2D eigenvalue weighted by Gasteiger charge is 2.16. The minimum atomic E-state index is -0.0382. The van der Waals surface area contributed by atoms with Crippen LogP contribution in [-0.2, 0) is 9.47 Å². The van der Waals surface area contributed by atoms with E-state index in [0.29, 0.717) is 6.04 Å². The molecule has 1 heterocycles. The molecule has 4 heteroatoms. The quantitative estimate of drug-likeness (QED) is 0.655. The van der Waals surface area contributed by atoms with Gasteiger partial charge in [0.2, 0.25) is 0 Å². The molecule has 102 valence electrons. The van der Waals surface area contributed by atoms with Gasteiger partial charge in [-0.2, -0.15) is 0 Å². The van der Waals surface area contributed by atoms with Gasteiger partial charge in [-0.05, 0) is 46.8 Å². The molecule has 0 aromatic rings. The first-order chi connectivity index (χ1) is 8.26. The van der Waals surface area contributed by atoms with E-state index in [2.05, 4.69) is 17.3 Å². The molecule has 0 radical (unpaired) electrons. The van der Waals surface area contributed by atoms with Crippen LogP contribution >= 0.6 is 0 Å². The Balaban J connectivity index is 2.08. The maximum absolute atomic E-state index is 5.52. The zero-order valence-electron chi connectivity index (χ0n) is 11.6. The average Bonchev–Trinajstić information content (AvgIpc) is 2.32. The van der Waals surface area contributed by atoms with E-state index in [1.54, 1.807) is 0 Å². The Hall–Kier alpha value is -0.160. The van der Waals surface area contributed by atoms with Crippen LogP contribution < -0.4 is 5.32 Å². The van der Waals surface area contributed by atoms with Crippen LogP contribution in [0.1, 0.15) is 33.1 Å². The summed E-state index contributed by atoms with van der Waals surface area (Å²) in [5, 5.41) is 3.60. The number of hydrogen-bond donors (Lipinski definition) is 1. The first-order valence-corrected chi connectivity index (χ1v) is 6.91. The Labute approximate surface area is 106 Å². The van der Waals surface area contributed by atoms with Crippen LogP contribution in [0.15, 0.2) is 0 Å². The van der Waals surface area contributed by atoms with Crippen LogP contribution in [0.2, 0.25) is 0 Å². The van der Waals surface area contributed by atoms with E-state index in [9.17, 15) is 0 Å². The smallest absolute Gasteiger partial charge is 0.158 e. The van der Waals surface area contributed by atoms with Crippen molar-refractivity contribution in [2.24, 2.45) is 0 Å². The van der Waals surface area contributed by atoms with Gasteiger partial charge in [-0.1, -0.05) is 0 Å². The van der Waals surface area contributed by atoms with E-state index in [0.717, 1.165) is 26.2 Å². The molecule has 1 N–H and O–H groups in total. The van der Waals surface area contributed by atoms with Crippen molar-refractivity contribution >= 4 is 0 Å². The molecule has 0 aliphatic carbocycles. The van der Waals surface area contributed by atoms with Crippen molar-refractivity contribution in [1.82, 2.24) is 10.2 Å². The Bertz CT molecular complexity index is 176. The van der Waals surface area contributed by atoms with Gasteiger partial charge in [0.25, 0.3) is 0 Å². The van der Waals surface area contributed by atoms with Gasteiger partial charge in [0, 0.05) is 32.2 Å². The van der Waals surface area contributed by atoms with E-state index in [4.69, 9.17) is 9.47 Å². The van der Waals surface area contributed by atoms with E-state index >= 15 is 0 Å². The van der Waals surface area contributed by atoms with Crippen molar-refractivity contribution < 1.29 is 9.47 Å². The lowest BCUT2D eigenvalue weighted by Gasteiger charge is -2.30. The van der Waals surface area contributed by atoms with Gasteiger partial charge in [0.1, 0.15) is 0 Å². The third-order valence-electron chi connectivity index (χ3n) is 3.24. The summed E-state index contributed by atoms with van der Waals surface area (Å²) in [5.74, 6) is 0. The molecule has 0 aromatic heterocycles. The molecule has 1 aliphatic heterocycles. The molecule has 0 saturated carbocycles. The topological polar surface area (TPSA) is 33.7 Å². The molecule has 17 heavy (non-hydrogen) atoms. The third-order valence-corrected chi connectivity index (χ3v) is 3.24. The summed E-state index contributed by atoms with van der Waals surface area (Å²) in [5.41, 5.74) is 0. The van der Waals surface area contributed by atoms with Crippen LogP contribution in [-0.4, -0.2) is 57.1 Å². The van der Waals surface area contributed by atoms with Gasteiger partial charge in [-0.25, -0.2) is 0 Å². The Kier molecular flexibility index (Phi) is 7.77. The fraction of sp³-hybridized carbons (Fsp3) is 1.00. The average molecular weight is 244 g/mol. The highest BCUT2D eigenvalue weighted by Crippen LogP contribution is 2.08. The Morgan fingerprint density at radius 2 is 1.76 bits per heavy atom. The summed E-state index contributed by atoms with van der Waals surface area (Å²) in [7, 11) is 2.19. The van der Waals surface area contributed by atoms with Crippen molar-refractivity contribution in [3.05, 3.63) is 0 Å². The molecule has 0 unspecified atom stereocenters. The van der Waals surface area contributed by atoms with Crippen molar-refractivity contribution in [3.8, 4) is 0 Å². The second kappa shape index (κ2) is 8.86. The molecule has 0 amide bonds. The van der Waals surface area contributed by atoms with Crippen LogP contribution in [0.3, 0.4) is 0 Å². The summed E-state index contributed by atoms with van der Waals surface area (Å²) in [4.78, 5) is 2.39. The number of nitrogens with one attached hydrogen (secondary N) is 1. The van der Waals surface area contributed by atoms with Crippen molar-refractivity contribution in [2.75, 3.05) is 39.9 Å². The summed E-state index contributed by atoms with van der Waals surface area (Å²) < 4.78 is 11.0. The summed E-state index contributed by atoms with van der Waals surface area (Å²) in [6.07, 6.45) is 3.41. The van der Waals surface area contributed by atoms with Gasteiger partial charge in [0.05, 0.1) is 0 Å². The molecule has 0 aromatic carbocycles. The SMILES string of the molecule is CCOC(CCNC1CCN(C)CC1)OCC. The van der Waals surface area contributed by atoms with Gasteiger partial charge in [0.15, 0.2) is 6.29 Å². The number of piperidine rings is 1. The fourth-order valence-electron chi connectivity index (χ4n) is 2.20. The van der Waals surface area contributed by atoms with E-state index in [1.807, 2.05) is 13.8 Å². The second-order valence-corrected chi connectivity index (χ2v) is 4.66. The molecule has 1 saturated heterocycles. The van der Waals surface area contributed by atoms with Gasteiger partial charge in [-0.3, -0.25) is 0 Å². The van der Waals surface area contributed by atoms with Crippen molar-refractivity contribution in [2.45, 2.75) is 45.4 Å². The van der Waals surface area contributed by atoms with E-state index < -0.39 is 0 Å². The van der Waals surface area contributed by atoms with Crippen molar-refractivity contribution in [1.29, 1.82) is 0 Å². The van der Waals surface area contributed by atoms with Crippen LogP contribution in [0, 0.1) is 0 Å². The number of ether oxygens (including phenoxy) is 2. The van der Waals surface area contributed by atoms with Gasteiger partial charge >= 0.3 is 0 Å². The minimum Gasteiger partial charge on any atom is -0.353 e. The molecule has 0 spiro atoms. The molecule has 1 rings (SSSR count). The second-order valence-electron chi connectivity index (χ2n) is 4.66. The Morgan fingerprint density at radius 3 is 2.29 bits per heavy atom. The molecule has 0 bridgehead atoms. The highest BCUT2D eigenvalue weighted by molar-refractivity contribution is 4.75. The molecule has 1 fully saturated rings. The Morgan fingerprint density at radius 1 is 1.18 bits per heavy atom. The standard InChI is InChI=1S/C13H28N2O2/c1-4-16-13(17-5-2)6-9-14-12-7-10-15(3)11-8-12/h12-14H,4-11H2,1-3H3. The highest BCUT2D eigenvalue weighted by atomic mass is 16.7. The van der Waals surface area contributed by atoms with E-state index in [1.165, 1.54) is 25.9 Å². The lowest BCUT2D eigenvalue weighted by molar-refractivity contribution is -0.138. The van der Waals surface area contributed by atoms with Crippen LogP contribution in [0.5, 0.6) is 0 Å². The van der Waals surface area contributed by atoms with Gasteiger partial charge in [-0.15, -0.1) is 0 Å². The first-order valence-electron chi connectivity index (χ1n) is 6.91. The van der Waals surface area contributed by atoms with Gasteiger partial charge < -0.3 is 19.7 Å². The maximum Gasteiger partial charge on any atom is 0.158 e. The lowest BCUT2D eigenvalue weighted by Crippen LogP contribution is -2.41. The normalized spacial score (nSPS) is 19.1. The number of rotatable bonds is 8. The lowest BCUT2D eigenvalue weighted by atomic mass is 10.1. The fourth-order valence-corrected chi connectivity index (χ4v) is 2.20.